The Balaban J connectivity index is 2.68. The molecule has 1 rings (SSSR count). The third-order valence-electron chi connectivity index (χ3n) is 4.82. The van der Waals surface area contributed by atoms with Crippen LogP contribution in [0.15, 0.2) is 0 Å². The quantitative estimate of drug-likeness (QED) is 0.636. The lowest BCUT2D eigenvalue weighted by Crippen LogP contribution is -2.49. The molecule has 4 heteroatoms. The van der Waals surface area contributed by atoms with Gasteiger partial charge in [-0.2, -0.15) is 0 Å². The minimum atomic E-state index is 0.435. The molecule has 0 aromatic rings. The smallest absolute Gasteiger partial charge is 0.0615 e. The highest BCUT2D eigenvalue weighted by Crippen LogP contribution is 2.37. The van der Waals surface area contributed by atoms with Crippen LogP contribution in [-0.2, 0) is 9.47 Å². The van der Waals surface area contributed by atoms with E-state index in [1.807, 2.05) is 0 Å². The minimum absolute atomic E-state index is 0.435. The predicted molar refractivity (Wildman–Crippen MR) is 88.8 cm³/mol. The molecule has 21 heavy (non-hydrogen) atoms. The third kappa shape index (κ3) is 6.64. The summed E-state index contributed by atoms with van der Waals surface area (Å²) in [4.78, 5) is 2.57. The van der Waals surface area contributed by atoms with Gasteiger partial charge in [0.05, 0.1) is 13.2 Å². The van der Waals surface area contributed by atoms with Crippen LogP contribution in [0.25, 0.3) is 0 Å². The maximum atomic E-state index is 5.37. The molecule has 1 fully saturated rings. The first kappa shape index (κ1) is 18.9. The van der Waals surface area contributed by atoms with Crippen molar-refractivity contribution in [2.75, 3.05) is 53.6 Å². The molecule has 0 radical (unpaired) electrons. The van der Waals surface area contributed by atoms with E-state index in [9.17, 15) is 0 Å². The van der Waals surface area contributed by atoms with Crippen molar-refractivity contribution in [1.29, 1.82) is 0 Å². The Hall–Kier alpha value is -0.160. The molecule has 1 aliphatic carbocycles. The summed E-state index contributed by atoms with van der Waals surface area (Å²) in [6.07, 6.45) is 6.86. The highest BCUT2D eigenvalue weighted by atomic mass is 16.5. The molecule has 1 unspecified atom stereocenters. The Morgan fingerprint density at radius 3 is 2.43 bits per heavy atom. The number of nitrogens with zero attached hydrogens (tertiary/aromatic N) is 1. The Kier molecular flexibility index (Phi) is 9.49. The summed E-state index contributed by atoms with van der Waals surface area (Å²) in [7, 11) is 3.58. The number of hydrogen-bond acceptors (Lipinski definition) is 4. The van der Waals surface area contributed by atoms with Gasteiger partial charge >= 0.3 is 0 Å². The van der Waals surface area contributed by atoms with E-state index in [1.54, 1.807) is 14.2 Å². The second-order valence-corrected chi connectivity index (χ2v) is 6.61. The Morgan fingerprint density at radius 1 is 1.14 bits per heavy atom. The van der Waals surface area contributed by atoms with Crippen molar-refractivity contribution in [3.05, 3.63) is 0 Å². The highest BCUT2D eigenvalue weighted by molar-refractivity contribution is 4.89. The first-order chi connectivity index (χ1) is 10.2. The van der Waals surface area contributed by atoms with Gasteiger partial charge in [-0.1, -0.05) is 26.2 Å². The number of ether oxygens (including phenoxy) is 2. The van der Waals surface area contributed by atoms with Crippen LogP contribution in [0, 0.1) is 5.41 Å². The van der Waals surface area contributed by atoms with Crippen LogP contribution < -0.4 is 5.32 Å². The molecule has 0 aliphatic heterocycles. The molecule has 0 bridgehead atoms. The SMILES string of the molecule is CCNCC1(CN(CCOC)C(C)COC)CCCCC1. The Labute approximate surface area is 131 Å². The topological polar surface area (TPSA) is 33.7 Å². The summed E-state index contributed by atoms with van der Waals surface area (Å²) in [5, 5.41) is 3.60. The van der Waals surface area contributed by atoms with Crippen LogP contribution in [0.5, 0.6) is 0 Å². The van der Waals surface area contributed by atoms with Crippen molar-refractivity contribution in [2.24, 2.45) is 5.41 Å². The zero-order valence-electron chi connectivity index (χ0n) is 14.6. The molecule has 126 valence electrons. The molecule has 1 saturated carbocycles. The van der Waals surface area contributed by atoms with Crippen LogP contribution >= 0.6 is 0 Å². The average Bonchev–Trinajstić information content (AvgIpc) is 2.50. The van der Waals surface area contributed by atoms with Crippen LogP contribution in [0.3, 0.4) is 0 Å². The van der Waals surface area contributed by atoms with E-state index in [2.05, 4.69) is 24.1 Å². The number of hydrogen-bond donors (Lipinski definition) is 1. The van der Waals surface area contributed by atoms with Crippen LogP contribution in [0.1, 0.15) is 46.0 Å². The largest absolute Gasteiger partial charge is 0.383 e. The Morgan fingerprint density at radius 2 is 1.86 bits per heavy atom. The van der Waals surface area contributed by atoms with Crippen molar-refractivity contribution in [3.63, 3.8) is 0 Å². The van der Waals surface area contributed by atoms with Crippen molar-refractivity contribution in [1.82, 2.24) is 10.2 Å². The minimum Gasteiger partial charge on any atom is -0.383 e. The van der Waals surface area contributed by atoms with Gasteiger partial charge in [0.25, 0.3) is 0 Å². The molecular weight excluding hydrogens is 264 g/mol. The fourth-order valence-electron chi connectivity index (χ4n) is 3.52. The van der Waals surface area contributed by atoms with Crippen LogP contribution in [0.4, 0.5) is 0 Å². The monoisotopic (exact) mass is 300 g/mol. The van der Waals surface area contributed by atoms with Gasteiger partial charge in [-0.25, -0.2) is 0 Å². The second-order valence-electron chi connectivity index (χ2n) is 6.61. The van der Waals surface area contributed by atoms with Gasteiger partial charge in [0.2, 0.25) is 0 Å². The molecular formula is C17H36N2O2. The predicted octanol–water partition coefficient (Wildman–Crippen LogP) is 2.53. The first-order valence-electron chi connectivity index (χ1n) is 8.60. The van der Waals surface area contributed by atoms with E-state index in [4.69, 9.17) is 9.47 Å². The molecule has 0 aromatic heterocycles. The Bertz CT molecular complexity index is 255. The summed E-state index contributed by atoms with van der Waals surface area (Å²) in [6.45, 7) is 10.4. The third-order valence-corrected chi connectivity index (χ3v) is 4.82. The van der Waals surface area contributed by atoms with E-state index < -0.39 is 0 Å². The van der Waals surface area contributed by atoms with Crippen molar-refractivity contribution in [2.45, 2.75) is 52.0 Å². The van der Waals surface area contributed by atoms with Crippen molar-refractivity contribution < 1.29 is 9.47 Å². The van der Waals surface area contributed by atoms with Crippen LogP contribution in [0.2, 0.25) is 0 Å². The zero-order valence-corrected chi connectivity index (χ0v) is 14.6. The van der Waals surface area contributed by atoms with Gasteiger partial charge in [0.1, 0.15) is 0 Å². The zero-order chi connectivity index (χ0) is 15.6. The molecule has 1 atom stereocenters. The van der Waals surface area contributed by atoms with E-state index in [0.29, 0.717) is 11.5 Å². The van der Waals surface area contributed by atoms with Gasteiger partial charge in [0.15, 0.2) is 0 Å². The summed E-state index contributed by atoms with van der Waals surface area (Å²) >= 11 is 0. The van der Waals surface area contributed by atoms with E-state index in [0.717, 1.165) is 39.4 Å². The molecule has 0 spiro atoms. The van der Waals surface area contributed by atoms with Crippen LogP contribution in [-0.4, -0.2) is 64.6 Å². The molecule has 4 nitrogen and oxygen atoms in total. The molecule has 1 aliphatic rings. The highest BCUT2D eigenvalue weighted by Gasteiger charge is 2.34. The average molecular weight is 300 g/mol. The van der Waals surface area contributed by atoms with E-state index in [1.165, 1.54) is 32.1 Å². The van der Waals surface area contributed by atoms with E-state index >= 15 is 0 Å². The normalized spacial score (nSPS) is 19.9. The van der Waals surface area contributed by atoms with Crippen molar-refractivity contribution in [3.8, 4) is 0 Å². The first-order valence-corrected chi connectivity index (χ1v) is 8.60. The van der Waals surface area contributed by atoms with Gasteiger partial charge in [0, 0.05) is 39.9 Å². The van der Waals surface area contributed by atoms with Gasteiger partial charge < -0.3 is 14.8 Å². The number of rotatable bonds is 11. The summed E-state index contributed by atoms with van der Waals surface area (Å²) < 4.78 is 10.7. The van der Waals surface area contributed by atoms with Gasteiger partial charge in [-0.05, 0) is 31.7 Å². The fraction of sp³-hybridized carbons (Fsp3) is 1.00. The molecule has 1 N–H and O–H groups in total. The molecule has 0 heterocycles. The maximum Gasteiger partial charge on any atom is 0.0615 e. The summed E-state index contributed by atoms with van der Waals surface area (Å²) in [6, 6.07) is 0.450. The molecule has 0 aromatic carbocycles. The number of methoxy groups -OCH3 is 2. The van der Waals surface area contributed by atoms with E-state index in [-0.39, 0.29) is 0 Å². The number of nitrogens with one attached hydrogen (secondary N) is 1. The molecule has 0 amide bonds. The summed E-state index contributed by atoms with van der Waals surface area (Å²) in [5.74, 6) is 0. The second kappa shape index (κ2) is 10.5. The lowest BCUT2D eigenvalue weighted by molar-refractivity contribution is 0.0296. The van der Waals surface area contributed by atoms with Crippen molar-refractivity contribution >= 4 is 0 Å². The molecule has 0 saturated heterocycles. The van der Waals surface area contributed by atoms with Gasteiger partial charge in [-0.15, -0.1) is 0 Å². The maximum absolute atomic E-state index is 5.37. The lowest BCUT2D eigenvalue weighted by Gasteiger charge is -2.43. The fourth-order valence-corrected chi connectivity index (χ4v) is 3.52. The standard InChI is InChI=1S/C17H36N2O2/c1-5-18-14-17(9-7-6-8-10-17)15-19(11-12-20-3)16(2)13-21-4/h16,18H,5-15H2,1-4H3. The summed E-state index contributed by atoms with van der Waals surface area (Å²) in [5.41, 5.74) is 0.435. The van der Waals surface area contributed by atoms with Gasteiger partial charge in [-0.3, -0.25) is 4.90 Å². The lowest BCUT2D eigenvalue weighted by atomic mass is 9.73.